The highest BCUT2D eigenvalue weighted by molar-refractivity contribution is 7.07. The molecule has 2 heterocycles. The molecule has 1 aliphatic rings. The van der Waals surface area contributed by atoms with Crippen molar-refractivity contribution in [2.45, 2.75) is 13.0 Å². The number of methoxy groups -OCH3 is 4. The van der Waals surface area contributed by atoms with Crippen LogP contribution in [0.15, 0.2) is 63.5 Å². The van der Waals surface area contributed by atoms with Gasteiger partial charge >= 0.3 is 5.97 Å². The van der Waals surface area contributed by atoms with Crippen molar-refractivity contribution in [1.82, 2.24) is 4.57 Å². The first-order valence-corrected chi connectivity index (χ1v) is 11.2. The lowest BCUT2D eigenvalue weighted by molar-refractivity contribution is -0.136. The molecule has 2 aromatic carbocycles. The highest BCUT2D eigenvalue weighted by Crippen LogP contribution is 2.42. The fourth-order valence-corrected chi connectivity index (χ4v) is 5.01. The Hall–Kier alpha value is -3.85. The Morgan fingerprint density at radius 1 is 1.03 bits per heavy atom. The maximum atomic E-state index is 13.6. The Labute approximate surface area is 200 Å². The van der Waals surface area contributed by atoms with Gasteiger partial charge in [0, 0.05) is 0 Å². The van der Waals surface area contributed by atoms with Crippen molar-refractivity contribution >= 4 is 23.4 Å². The van der Waals surface area contributed by atoms with E-state index in [1.54, 1.807) is 19.1 Å². The van der Waals surface area contributed by atoms with Crippen LogP contribution in [-0.4, -0.2) is 39.0 Å². The van der Waals surface area contributed by atoms with Crippen molar-refractivity contribution < 1.29 is 23.7 Å². The van der Waals surface area contributed by atoms with Gasteiger partial charge in [0.25, 0.3) is 5.56 Å². The van der Waals surface area contributed by atoms with Crippen molar-refractivity contribution in [1.29, 1.82) is 0 Å². The smallest absolute Gasteiger partial charge is 0.338 e. The molecule has 0 aliphatic carbocycles. The average Bonchev–Trinajstić information content (AvgIpc) is 3.16. The van der Waals surface area contributed by atoms with Crippen LogP contribution in [0.4, 0.5) is 0 Å². The molecule has 0 saturated heterocycles. The molecule has 0 amide bonds. The highest BCUT2D eigenvalue weighted by Gasteiger charge is 2.34. The number of rotatable bonds is 6. The fourth-order valence-electron chi connectivity index (χ4n) is 3.97. The summed E-state index contributed by atoms with van der Waals surface area (Å²) in [6.07, 6.45) is 1.81. The van der Waals surface area contributed by atoms with E-state index in [2.05, 4.69) is 4.99 Å². The van der Waals surface area contributed by atoms with Crippen LogP contribution in [0.5, 0.6) is 17.2 Å². The molecule has 34 heavy (non-hydrogen) atoms. The number of benzene rings is 2. The number of nitrogens with zero attached hydrogens (tertiary/aromatic N) is 2. The Morgan fingerprint density at radius 2 is 1.68 bits per heavy atom. The van der Waals surface area contributed by atoms with E-state index >= 15 is 0 Å². The van der Waals surface area contributed by atoms with Gasteiger partial charge in [-0.15, -0.1) is 0 Å². The lowest BCUT2D eigenvalue weighted by atomic mass is 9.95. The van der Waals surface area contributed by atoms with Gasteiger partial charge in [0.2, 0.25) is 5.75 Å². The van der Waals surface area contributed by atoms with Gasteiger partial charge in [-0.3, -0.25) is 9.36 Å². The van der Waals surface area contributed by atoms with Crippen molar-refractivity contribution in [3.8, 4) is 17.2 Å². The second-order valence-corrected chi connectivity index (χ2v) is 8.45. The minimum atomic E-state index is -0.796. The van der Waals surface area contributed by atoms with Crippen LogP contribution in [0, 0.1) is 0 Å². The summed E-state index contributed by atoms with van der Waals surface area (Å²) in [6, 6.07) is 12.2. The Balaban J connectivity index is 2.03. The first kappa shape index (κ1) is 23.3. The van der Waals surface area contributed by atoms with Crippen molar-refractivity contribution in [3.63, 3.8) is 0 Å². The van der Waals surface area contributed by atoms with Gasteiger partial charge in [-0.25, -0.2) is 9.79 Å². The summed E-state index contributed by atoms with van der Waals surface area (Å²) in [4.78, 5) is 31.5. The van der Waals surface area contributed by atoms with Crippen molar-refractivity contribution in [2.24, 2.45) is 4.99 Å². The maximum absolute atomic E-state index is 13.6. The second kappa shape index (κ2) is 9.56. The van der Waals surface area contributed by atoms with Crippen LogP contribution in [0.3, 0.4) is 0 Å². The molecule has 176 valence electrons. The second-order valence-electron chi connectivity index (χ2n) is 7.44. The third-order valence-electron chi connectivity index (χ3n) is 5.53. The highest BCUT2D eigenvalue weighted by atomic mass is 32.1. The summed E-state index contributed by atoms with van der Waals surface area (Å²) < 4.78 is 23.5. The predicted octanol–water partition coefficient (Wildman–Crippen LogP) is 2.43. The average molecular weight is 481 g/mol. The molecule has 0 bridgehead atoms. The number of hydrogen-bond acceptors (Lipinski definition) is 8. The van der Waals surface area contributed by atoms with Gasteiger partial charge in [0.15, 0.2) is 16.3 Å². The SMILES string of the molecule is COC(=O)C1=C(C)N=c2sc(=Cc3ccccc3)c(=O)n2C1c1cc(OC)c(OC)c(OC)c1. The quantitative estimate of drug-likeness (QED) is 0.504. The zero-order valence-electron chi connectivity index (χ0n) is 19.4. The predicted molar refractivity (Wildman–Crippen MR) is 128 cm³/mol. The van der Waals surface area contributed by atoms with E-state index in [4.69, 9.17) is 18.9 Å². The lowest BCUT2D eigenvalue weighted by Crippen LogP contribution is -2.39. The minimum absolute atomic E-state index is 0.260. The third-order valence-corrected chi connectivity index (χ3v) is 6.51. The molecular weight excluding hydrogens is 456 g/mol. The summed E-state index contributed by atoms with van der Waals surface area (Å²) in [5.74, 6) is 0.646. The number of ether oxygens (including phenoxy) is 4. The summed E-state index contributed by atoms with van der Waals surface area (Å²) in [6.45, 7) is 1.73. The van der Waals surface area contributed by atoms with Gasteiger partial charge in [0.05, 0.1) is 50.3 Å². The van der Waals surface area contributed by atoms with Gasteiger partial charge in [-0.1, -0.05) is 41.7 Å². The Bertz CT molecular complexity index is 1430. The van der Waals surface area contributed by atoms with Crippen LogP contribution >= 0.6 is 11.3 Å². The van der Waals surface area contributed by atoms with E-state index in [1.807, 2.05) is 36.4 Å². The van der Waals surface area contributed by atoms with Crippen molar-refractivity contribution in [2.75, 3.05) is 28.4 Å². The zero-order valence-corrected chi connectivity index (χ0v) is 20.3. The molecule has 1 atom stereocenters. The van der Waals surface area contributed by atoms with Crippen LogP contribution in [-0.2, 0) is 9.53 Å². The summed E-state index contributed by atoms with van der Waals surface area (Å²) in [5, 5.41) is 0. The molecule has 4 rings (SSSR count). The topological polar surface area (TPSA) is 88.4 Å². The van der Waals surface area contributed by atoms with Crippen LogP contribution < -0.4 is 29.1 Å². The monoisotopic (exact) mass is 480 g/mol. The molecule has 0 N–H and O–H groups in total. The molecular formula is C25H24N2O6S. The molecule has 0 radical (unpaired) electrons. The van der Waals surface area contributed by atoms with E-state index in [0.717, 1.165) is 5.56 Å². The van der Waals surface area contributed by atoms with E-state index in [1.165, 1.54) is 44.3 Å². The number of carbonyl (C=O) groups is 1. The Kier molecular flexibility index (Phi) is 6.56. The largest absolute Gasteiger partial charge is 0.493 e. The number of esters is 1. The first-order chi connectivity index (χ1) is 16.4. The van der Waals surface area contributed by atoms with Crippen LogP contribution in [0.1, 0.15) is 24.1 Å². The fraction of sp³-hybridized carbons (Fsp3) is 0.240. The number of aromatic nitrogens is 1. The molecule has 8 nitrogen and oxygen atoms in total. The van der Waals surface area contributed by atoms with Gasteiger partial charge in [0.1, 0.15) is 0 Å². The standard InChI is InChI=1S/C25H24N2O6S/c1-14-20(24(29)33-5)21(16-12-17(30-2)22(32-4)18(13-16)31-3)27-23(28)19(34-25(27)26-14)11-15-9-7-6-8-10-15/h6-13,21H,1-5H3. The normalized spacial score (nSPS) is 15.4. The number of hydrogen-bond donors (Lipinski definition) is 0. The van der Waals surface area contributed by atoms with Crippen LogP contribution in [0.25, 0.3) is 6.08 Å². The van der Waals surface area contributed by atoms with E-state index < -0.39 is 12.0 Å². The molecule has 0 fully saturated rings. The molecule has 3 aromatic rings. The molecule has 1 aliphatic heterocycles. The third kappa shape index (κ3) is 3.99. The molecule has 1 unspecified atom stereocenters. The van der Waals surface area contributed by atoms with E-state index in [0.29, 0.717) is 37.8 Å². The van der Waals surface area contributed by atoms with Crippen molar-refractivity contribution in [3.05, 3.63) is 84.5 Å². The summed E-state index contributed by atoms with van der Waals surface area (Å²) >= 11 is 1.26. The minimum Gasteiger partial charge on any atom is -0.493 e. The van der Waals surface area contributed by atoms with Crippen LogP contribution in [0.2, 0.25) is 0 Å². The van der Waals surface area contributed by atoms with E-state index in [-0.39, 0.29) is 11.1 Å². The van der Waals surface area contributed by atoms with Gasteiger partial charge in [-0.05, 0) is 36.3 Å². The molecule has 1 aromatic heterocycles. The van der Waals surface area contributed by atoms with Gasteiger partial charge in [-0.2, -0.15) is 0 Å². The van der Waals surface area contributed by atoms with Gasteiger partial charge < -0.3 is 18.9 Å². The number of fused-ring (bicyclic) bond motifs is 1. The molecule has 0 spiro atoms. The maximum Gasteiger partial charge on any atom is 0.338 e. The molecule has 9 heteroatoms. The number of thiazole rings is 1. The number of allylic oxidation sites excluding steroid dienone is 1. The first-order valence-electron chi connectivity index (χ1n) is 10.4. The molecule has 0 saturated carbocycles. The van der Waals surface area contributed by atoms with E-state index in [9.17, 15) is 9.59 Å². The summed E-state index contributed by atoms with van der Waals surface area (Å²) in [5.41, 5.74) is 1.95. The number of carbonyl (C=O) groups excluding carboxylic acids is 1. The Morgan fingerprint density at radius 3 is 2.24 bits per heavy atom. The lowest BCUT2D eigenvalue weighted by Gasteiger charge is -2.25. The summed E-state index contributed by atoms with van der Waals surface area (Å²) in [7, 11) is 5.83. The zero-order chi connectivity index (χ0) is 24.4.